The van der Waals surface area contributed by atoms with Crippen molar-refractivity contribution in [3.63, 3.8) is 0 Å². The number of hydrogen-bond donors (Lipinski definition) is 2. The molecule has 0 spiro atoms. The number of nitrogens with zero attached hydrogens (tertiary/aromatic N) is 4. The average molecular weight is 481 g/mol. The molecule has 1 heterocycles. The van der Waals surface area contributed by atoms with Gasteiger partial charge in [0.1, 0.15) is 0 Å². The molecule has 1 saturated heterocycles. The van der Waals surface area contributed by atoms with Crippen molar-refractivity contribution in [2.75, 3.05) is 60.4 Å². The van der Waals surface area contributed by atoms with Crippen molar-refractivity contribution in [3.8, 4) is 0 Å². The number of piperazine rings is 1. The second-order valence-electron chi connectivity index (χ2n) is 7.55. The normalized spacial score (nSPS) is 21.1. The van der Waals surface area contributed by atoms with Crippen LogP contribution in [-0.4, -0.2) is 97.7 Å². The maximum atomic E-state index is 11.7. The first kappa shape index (κ1) is 23.4. The summed E-state index contributed by atoms with van der Waals surface area (Å²) in [6.07, 6.45) is 5.79. The zero-order valence-corrected chi connectivity index (χ0v) is 18.9. The van der Waals surface area contributed by atoms with Gasteiger partial charge < -0.3 is 20.2 Å². The van der Waals surface area contributed by atoms with Gasteiger partial charge in [0.2, 0.25) is 5.91 Å². The molecule has 0 aromatic rings. The standard InChI is InChI=1S/C18H35N5O2.HI/c1-19-17(20-15-18(25)8-5-4-6-9-18)23-13-11-22(12-14-23)10-7-16(24)21(2)3;/h25H,4-15H2,1-3H3,(H,19,20);1H. The third-order valence-electron chi connectivity index (χ3n) is 5.38. The van der Waals surface area contributed by atoms with Gasteiger partial charge in [-0.15, -0.1) is 24.0 Å². The van der Waals surface area contributed by atoms with Crippen molar-refractivity contribution in [2.45, 2.75) is 44.1 Å². The Morgan fingerprint density at radius 3 is 2.31 bits per heavy atom. The van der Waals surface area contributed by atoms with Gasteiger partial charge in [-0.3, -0.25) is 14.7 Å². The number of aliphatic hydroxyl groups is 1. The van der Waals surface area contributed by atoms with E-state index in [-0.39, 0.29) is 29.9 Å². The second kappa shape index (κ2) is 11.3. The lowest BCUT2D eigenvalue weighted by atomic mass is 9.85. The van der Waals surface area contributed by atoms with Crippen LogP contribution in [0.25, 0.3) is 0 Å². The second-order valence-corrected chi connectivity index (χ2v) is 7.55. The van der Waals surface area contributed by atoms with Gasteiger partial charge in [0.05, 0.1) is 5.60 Å². The Hall–Kier alpha value is -0.610. The fraction of sp³-hybridized carbons (Fsp3) is 0.889. The van der Waals surface area contributed by atoms with E-state index in [9.17, 15) is 9.90 Å². The molecule has 26 heavy (non-hydrogen) atoms. The maximum Gasteiger partial charge on any atom is 0.223 e. The van der Waals surface area contributed by atoms with Crippen LogP contribution in [0.3, 0.4) is 0 Å². The summed E-state index contributed by atoms with van der Waals surface area (Å²) in [5.41, 5.74) is -0.581. The maximum absolute atomic E-state index is 11.7. The number of amides is 1. The van der Waals surface area contributed by atoms with Gasteiger partial charge in [-0.05, 0) is 12.8 Å². The van der Waals surface area contributed by atoms with Crippen LogP contribution < -0.4 is 5.32 Å². The Bertz CT molecular complexity index is 458. The highest BCUT2D eigenvalue weighted by molar-refractivity contribution is 14.0. The molecule has 0 atom stereocenters. The summed E-state index contributed by atoms with van der Waals surface area (Å²) < 4.78 is 0. The van der Waals surface area contributed by atoms with E-state index in [0.29, 0.717) is 13.0 Å². The predicted molar refractivity (Wildman–Crippen MR) is 116 cm³/mol. The number of hydrogen-bond acceptors (Lipinski definition) is 4. The number of carbonyl (C=O) groups excluding carboxylic acids is 1. The minimum Gasteiger partial charge on any atom is -0.388 e. The van der Waals surface area contributed by atoms with Crippen molar-refractivity contribution in [1.29, 1.82) is 0 Å². The summed E-state index contributed by atoms with van der Waals surface area (Å²) in [6.45, 7) is 5.06. The van der Waals surface area contributed by atoms with Crippen LogP contribution >= 0.6 is 24.0 Å². The van der Waals surface area contributed by atoms with Gasteiger partial charge in [-0.1, -0.05) is 19.3 Å². The summed E-state index contributed by atoms with van der Waals surface area (Å²) >= 11 is 0. The van der Waals surface area contributed by atoms with Crippen LogP contribution in [0.1, 0.15) is 38.5 Å². The smallest absolute Gasteiger partial charge is 0.223 e. The number of nitrogens with one attached hydrogen (secondary N) is 1. The van der Waals surface area contributed by atoms with E-state index in [1.165, 1.54) is 6.42 Å². The SMILES string of the molecule is CN=C(NCC1(O)CCCCC1)N1CCN(CCC(=O)N(C)C)CC1.I. The summed E-state index contributed by atoms with van der Waals surface area (Å²) in [4.78, 5) is 22.3. The van der Waals surface area contributed by atoms with E-state index in [1.54, 1.807) is 26.0 Å². The lowest BCUT2D eigenvalue weighted by Gasteiger charge is -2.38. The van der Waals surface area contributed by atoms with Crippen molar-refractivity contribution in [2.24, 2.45) is 4.99 Å². The molecule has 2 N–H and O–H groups in total. The molecule has 0 radical (unpaired) electrons. The molecule has 0 unspecified atom stereocenters. The van der Waals surface area contributed by atoms with Crippen molar-refractivity contribution < 1.29 is 9.90 Å². The molecule has 1 aliphatic carbocycles. The number of rotatable bonds is 5. The fourth-order valence-corrected chi connectivity index (χ4v) is 3.62. The zero-order chi connectivity index (χ0) is 18.3. The Morgan fingerprint density at radius 2 is 1.77 bits per heavy atom. The molecule has 2 fully saturated rings. The molecule has 1 aliphatic heterocycles. The molecule has 152 valence electrons. The Morgan fingerprint density at radius 1 is 1.15 bits per heavy atom. The van der Waals surface area contributed by atoms with E-state index in [2.05, 4.69) is 20.1 Å². The molecule has 2 aliphatic rings. The van der Waals surface area contributed by atoms with Crippen LogP contribution in [-0.2, 0) is 4.79 Å². The van der Waals surface area contributed by atoms with E-state index in [1.807, 2.05) is 0 Å². The first-order valence-electron chi connectivity index (χ1n) is 9.54. The highest BCUT2D eigenvalue weighted by Crippen LogP contribution is 2.27. The molecule has 2 rings (SSSR count). The van der Waals surface area contributed by atoms with Crippen molar-refractivity contribution in [3.05, 3.63) is 0 Å². The quantitative estimate of drug-likeness (QED) is 0.348. The monoisotopic (exact) mass is 481 g/mol. The Labute approximate surface area is 175 Å². The largest absolute Gasteiger partial charge is 0.388 e. The van der Waals surface area contributed by atoms with Gasteiger partial charge in [0.15, 0.2) is 5.96 Å². The molecule has 0 bridgehead atoms. The van der Waals surface area contributed by atoms with Crippen molar-refractivity contribution >= 4 is 35.8 Å². The summed E-state index contributed by atoms with van der Waals surface area (Å²) in [6, 6.07) is 0. The van der Waals surface area contributed by atoms with Crippen LogP contribution in [0.4, 0.5) is 0 Å². The van der Waals surface area contributed by atoms with Gasteiger partial charge in [-0.2, -0.15) is 0 Å². The average Bonchev–Trinajstić information content (AvgIpc) is 2.61. The Balaban J connectivity index is 0.00000338. The molecule has 0 aromatic heterocycles. The van der Waals surface area contributed by atoms with Gasteiger partial charge in [0, 0.05) is 66.8 Å². The van der Waals surface area contributed by atoms with Gasteiger partial charge in [-0.25, -0.2) is 0 Å². The molecule has 0 aromatic carbocycles. The van der Waals surface area contributed by atoms with Crippen LogP contribution in [0.2, 0.25) is 0 Å². The first-order chi connectivity index (χ1) is 11.9. The van der Waals surface area contributed by atoms with E-state index < -0.39 is 5.60 Å². The minimum absolute atomic E-state index is 0. The number of halogens is 1. The molecular weight excluding hydrogens is 445 g/mol. The van der Waals surface area contributed by atoms with E-state index >= 15 is 0 Å². The fourth-order valence-electron chi connectivity index (χ4n) is 3.62. The van der Waals surface area contributed by atoms with E-state index in [0.717, 1.165) is 64.4 Å². The summed E-state index contributed by atoms with van der Waals surface area (Å²) in [5, 5.41) is 14.0. The molecule has 7 nitrogen and oxygen atoms in total. The van der Waals surface area contributed by atoms with Crippen molar-refractivity contribution in [1.82, 2.24) is 20.0 Å². The number of carbonyl (C=O) groups is 1. The highest BCUT2D eigenvalue weighted by atomic mass is 127. The first-order valence-corrected chi connectivity index (χ1v) is 9.54. The Kier molecular flexibility index (Phi) is 10.2. The van der Waals surface area contributed by atoms with Crippen LogP contribution in [0.5, 0.6) is 0 Å². The number of guanidine groups is 1. The lowest BCUT2D eigenvalue weighted by Crippen LogP contribution is -2.55. The van der Waals surface area contributed by atoms with E-state index in [4.69, 9.17) is 0 Å². The predicted octanol–water partition coefficient (Wildman–Crippen LogP) is 0.971. The van der Waals surface area contributed by atoms with Crippen LogP contribution in [0, 0.1) is 0 Å². The molecule has 8 heteroatoms. The molecule has 1 amide bonds. The topological polar surface area (TPSA) is 71.4 Å². The van der Waals surface area contributed by atoms with Gasteiger partial charge >= 0.3 is 0 Å². The lowest BCUT2D eigenvalue weighted by molar-refractivity contribution is -0.129. The molecule has 1 saturated carbocycles. The molecular formula is C18H36IN5O2. The minimum atomic E-state index is -0.581. The number of aliphatic imine (C=N–C) groups is 1. The third-order valence-corrected chi connectivity index (χ3v) is 5.38. The summed E-state index contributed by atoms with van der Waals surface area (Å²) in [7, 11) is 5.40. The summed E-state index contributed by atoms with van der Waals surface area (Å²) in [5.74, 6) is 1.06. The van der Waals surface area contributed by atoms with Gasteiger partial charge in [0.25, 0.3) is 0 Å². The zero-order valence-electron chi connectivity index (χ0n) is 16.5. The highest BCUT2D eigenvalue weighted by Gasteiger charge is 2.30. The third kappa shape index (κ3) is 7.19. The van der Waals surface area contributed by atoms with Crippen LogP contribution in [0.15, 0.2) is 4.99 Å².